The van der Waals surface area contributed by atoms with E-state index in [2.05, 4.69) is 27.2 Å². The molecule has 1 aliphatic carbocycles. The molecule has 0 atom stereocenters. The molecule has 0 unspecified atom stereocenters. The van der Waals surface area contributed by atoms with Gasteiger partial charge in [-0.2, -0.15) is 4.98 Å². The third kappa shape index (κ3) is 3.65. The molecule has 0 bridgehead atoms. The van der Waals surface area contributed by atoms with Gasteiger partial charge in [-0.25, -0.2) is 4.79 Å². The fourth-order valence-corrected chi connectivity index (χ4v) is 3.70. The SMILES string of the molecule is O=C(C1CCC1)[n+]1ccc(-c2noc(-c3cccc(N4CCOCC4)c3)n2)cc1. The highest BCUT2D eigenvalue weighted by Gasteiger charge is 2.32. The van der Waals surface area contributed by atoms with E-state index in [1.54, 1.807) is 17.0 Å². The largest absolute Gasteiger partial charge is 0.395 e. The lowest BCUT2D eigenvalue weighted by molar-refractivity contribution is -0.578. The molecule has 2 aromatic heterocycles. The fraction of sp³-hybridized carbons (Fsp3) is 0.364. The second-order valence-electron chi connectivity index (χ2n) is 7.53. The van der Waals surface area contributed by atoms with Gasteiger partial charge in [0.25, 0.3) is 5.89 Å². The molecule has 7 heteroatoms. The van der Waals surface area contributed by atoms with Crippen LogP contribution in [0.3, 0.4) is 0 Å². The summed E-state index contributed by atoms with van der Waals surface area (Å²) in [5.41, 5.74) is 2.83. The molecule has 2 fully saturated rings. The number of hydrogen-bond donors (Lipinski definition) is 0. The summed E-state index contributed by atoms with van der Waals surface area (Å²) in [6, 6.07) is 11.8. The summed E-state index contributed by atoms with van der Waals surface area (Å²) in [7, 11) is 0. The van der Waals surface area contributed by atoms with E-state index in [9.17, 15) is 4.79 Å². The highest BCUT2D eigenvalue weighted by molar-refractivity contribution is 5.71. The molecule has 148 valence electrons. The van der Waals surface area contributed by atoms with E-state index >= 15 is 0 Å². The van der Waals surface area contributed by atoms with Crippen molar-refractivity contribution in [3.63, 3.8) is 0 Å². The lowest BCUT2D eigenvalue weighted by Gasteiger charge is -2.28. The first kappa shape index (κ1) is 18.0. The van der Waals surface area contributed by atoms with Crippen LogP contribution in [0.4, 0.5) is 5.69 Å². The maximum Gasteiger partial charge on any atom is 0.395 e. The second kappa shape index (κ2) is 7.75. The van der Waals surface area contributed by atoms with Crippen LogP contribution in [0.15, 0.2) is 53.3 Å². The normalized spacial score (nSPS) is 17.2. The summed E-state index contributed by atoms with van der Waals surface area (Å²) in [5, 5.41) is 4.13. The molecule has 1 saturated carbocycles. The number of rotatable bonds is 4. The number of nitrogens with zero attached hydrogens (tertiary/aromatic N) is 4. The third-order valence-electron chi connectivity index (χ3n) is 5.69. The molecular weight excluding hydrogens is 368 g/mol. The summed E-state index contributed by atoms with van der Waals surface area (Å²) in [4.78, 5) is 19.2. The molecule has 29 heavy (non-hydrogen) atoms. The van der Waals surface area contributed by atoms with E-state index in [1.807, 2.05) is 24.3 Å². The third-order valence-corrected chi connectivity index (χ3v) is 5.69. The molecule has 0 amide bonds. The zero-order valence-electron chi connectivity index (χ0n) is 16.2. The van der Waals surface area contributed by atoms with E-state index < -0.39 is 0 Å². The van der Waals surface area contributed by atoms with E-state index in [1.165, 1.54) is 0 Å². The lowest BCUT2D eigenvalue weighted by Crippen LogP contribution is -2.47. The Kier molecular flexibility index (Phi) is 4.81. The zero-order valence-corrected chi connectivity index (χ0v) is 16.2. The number of benzene rings is 1. The van der Waals surface area contributed by atoms with Crippen molar-refractivity contribution in [2.75, 3.05) is 31.2 Å². The van der Waals surface area contributed by atoms with Crippen LogP contribution in [0.1, 0.15) is 24.1 Å². The molecule has 3 heterocycles. The molecule has 0 radical (unpaired) electrons. The van der Waals surface area contributed by atoms with Crippen LogP contribution in [0.25, 0.3) is 22.8 Å². The standard InChI is InChI=1S/C22H23N4O3/c27-22(17-3-1-4-17)26-9-7-16(8-10-26)20-23-21(29-24-20)18-5-2-6-19(15-18)25-11-13-28-14-12-25/h2,5-10,15,17H,1,3-4,11-14H2/q+1. The Labute approximate surface area is 168 Å². The van der Waals surface area contributed by atoms with Crippen LogP contribution >= 0.6 is 0 Å². The van der Waals surface area contributed by atoms with Gasteiger partial charge in [0.1, 0.15) is 0 Å². The fourth-order valence-electron chi connectivity index (χ4n) is 3.70. The van der Waals surface area contributed by atoms with Crippen molar-refractivity contribution in [3.05, 3.63) is 48.8 Å². The van der Waals surface area contributed by atoms with Gasteiger partial charge < -0.3 is 14.2 Å². The van der Waals surface area contributed by atoms with Gasteiger partial charge in [-0.15, -0.1) is 4.57 Å². The van der Waals surface area contributed by atoms with Gasteiger partial charge in [-0.1, -0.05) is 17.6 Å². The highest BCUT2D eigenvalue weighted by atomic mass is 16.5. The molecule has 0 spiro atoms. The lowest BCUT2D eigenvalue weighted by atomic mass is 9.85. The topological polar surface area (TPSA) is 72.3 Å². The van der Waals surface area contributed by atoms with Crippen molar-refractivity contribution >= 4 is 11.6 Å². The first-order valence-electron chi connectivity index (χ1n) is 10.1. The molecule has 0 N–H and O–H groups in total. The van der Waals surface area contributed by atoms with E-state index in [-0.39, 0.29) is 11.8 Å². The first-order valence-corrected chi connectivity index (χ1v) is 10.1. The quantitative estimate of drug-likeness (QED) is 0.637. The van der Waals surface area contributed by atoms with Crippen LogP contribution in [0, 0.1) is 5.92 Å². The van der Waals surface area contributed by atoms with E-state index in [0.29, 0.717) is 11.7 Å². The second-order valence-corrected chi connectivity index (χ2v) is 7.53. The number of morpholine rings is 1. The van der Waals surface area contributed by atoms with Gasteiger partial charge in [0, 0.05) is 42.0 Å². The summed E-state index contributed by atoms with van der Waals surface area (Å²) in [5.74, 6) is 1.33. The van der Waals surface area contributed by atoms with Crippen LogP contribution in [0.5, 0.6) is 0 Å². The minimum atomic E-state index is 0.163. The smallest absolute Gasteiger partial charge is 0.378 e. The van der Waals surface area contributed by atoms with Crippen molar-refractivity contribution in [1.82, 2.24) is 10.1 Å². The van der Waals surface area contributed by atoms with Crippen LogP contribution < -0.4 is 9.47 Å². The average Bonchev–Trinajstić information content (AvgIpc) is 3.24. The number of aromatic nitrogens is 3. The van der Waals surface area contributed by atoms with Crippen molar-refractivity contribution < 1.29 is 18.6 Å². The number of hydrogen-bond acceptors (Lipinski definition) is 6. The minimum absolute atomic E-state index is 0.163. The Balaban J connectivity index is 1.34. The highest BCUT2D eigenvalue weighted by Crippen LogP contribution is 2.27. The predicted octanol–water partition coefficient (Wildman–Crippen LogP) is 2.97. The van der Waals surface area contributed by atoms with E-state index in [4.69, 9.17) is 9.26 Å². The number of ether oxygens (including phenoxy) is 1. The Morgan fingerprint density at radius 3 is 2.59 bits per heavy atom. The van der Waals surface area contributed by atoms with Crippen LogP contribution in [-0.2, 0) is 4.74 Å². The maximum atomic E-state index is 12.3. The number of pyridine rings is 1. The first-order chi connectivity index (χ1) is 14.3. The molecule has 3 aromatic rings. The van der Waals surface area contributed by atoms with Crippen molar-refractivity contribution in [2.24, 2.45) is 5.92 Å². The summed E-state index contributed by atoms with van der Waals surface area (Å²) in [6.07, 6.45) is 6.69. The number of carbonyl (C=O) groups excluding carboxylic acids is 1. The molecule has 1 saturated heterocycles. The molecular formula is C22H23N4O3+. The Hall–Kier alpha value is -3.06. The predicted molar refractivity (Wildman–Crippen MR) is 106 cm³/mol. The van der Waals surface area contributed by atoms with Crippen molar-refractivity contribution in [3.8, 4) is 22.8 Å². The molecule has 1 aromatic carbocycles. The maximum absolute atomic E-state index is 12.3. The average molecular weight is 391 g/mol. The molecule has 1 aliphatic heterocycles. The van der Waals surface area contributed by atoms with Crippen LogP contribution in [-0.4, -0.2) is 42.4 Å². The molecule has 7 nitrogen and oxygen atoms in total. The number of anilines is 1. The summed E-state index contributed by atoms with van der Waals surface area (Å²) < 4.78 is 12.6. The van der Waals surface area contributed by atoms with Gasteiger partial charge in [0.05, 0.1) is 19.1 Å². The summed E-state index contributed by atoms with van der Waals surface area (Å²) >= 11 is 0. The van der Waals surface area contributed by atoms with Crippen LogP contribution in [0.2, 0.25) is 0 Å². The monoisotopic (exact) mass is 391 g/mol. The van der Waals surface area contributed by atoms with Gasteiger partial charge in [0.15, 0.2) is 12.4 Å². The van der Waals surface area contributed by atoms with Crippen molar-refractivity contribution in [1.29, 1.82) is 0 Å². The van der Waals surface area contributed by atoms with Gasteiger partial charge in [-0.05, 0) is 31.0 Å². The van der Waals surface area contributed by atoms with E-state index in [0.717, 1.165) is 62.4 Å². The Morgan fingerprint density at radius 1 is 1.07 bits per heavy atom. The summed E-state index contributed by atoms with van der Waals surface area (Å²) in [6.45, 7) is 3.24. The van der Waals surface area contributed by atoms with Crippen molar-refractivity contribution in [2.45, 2.75) is 19.3 Å². The van der Waals surface area contributed by atoms with Gasteiger partial charge >= 0.3 is 5.91 Å². The number of carbonyl (C=O) groups is 1. The molecule has 2 aliphatic rings. The Bertz CT molecular complexity index is 1000. The van der Waals surface area contributed by atoms with Gasteiger partial charge in [0.2, 0.25) is 5.82 Å². The van der Waals surface area contributed by atoms with Gasteiger partial charge in [-0.3, -0.25) is 0 Å². The zero-order chi connectivity index (χ0) is 19.6. The Morgan fingerprint density at radius 2 is 1.86 bits per heavy atom. The minimum Gasteiger partial charge on any atom is -0.378 e. The molecule has 5 rings (SSSR count).